The first-order valence-corrected chi connectivity index (χ1v) is 9.83. The van der Waals surface area contributed by atoms with E-state index in [0.717, 1.165) is 5.52 Å². The molecule has 2 unspecified atom stereocenters. The monoisotopic (exact) mass is 412 g/mol. The molecule has 0 radical (unpaired) electrons. The van der Waals surface area contributed by atoms with Gasteiger partial charge in [-0.3, -0.25) is 4.79 Å². The third-order valence-corrected chi connectivity index (χ3v) is 6.29. The van der Waals surface area contributed by atoms with Crippen molar-refractivity contribution < 1.29 is 23.4 Å². The molecule has 1 saturated carbocycles. The lowest BCUT2D eigenvalue weighted by Crippen LogP contribution is -2.50. The summed E-state index contributed by atoms with van der Waals surface area (Å²) in [5.41, 5.74) is -0.0818. The maximum Gasteiger partial charge on any atom is 0.253 e. The van der Waals surface area contributed by atoms with Gasteiger partial charge in [0.2, 0.25) is 0 Å². The number of aromatic nitrogens is 1. The highest BCUT2D eigenvalue weighted by Crippen LogP contribution is 2.42. The van der Waals surface area contributed by atoms with Crippen LogP contribution in [-0.2, 0) is 4.74 Å². The highest BCUT2D eigenvalue weighted by Gasteiger charge is 2.47. The molecule has 0 spiro atoms. The number of benzene rings is 1. The van der Waals surface area contributed by atoms with Gasteiger partial charge in [0.1, 0.15) is 0 Å². The van der Waals surface area contributed by atoms with Crippen LogP contribution in [0.4, 0.5) is 8.78 Å². The van der Waals surface area contributed by atoms with Crippen molar-refractivity contribution in [1.82, 2.24) is 9.88 Å². The summed E-state index contributed by atoms with van der Waals surface area (Å²) in [5.74, 6) is -4.09. The topological polar surface area (TPSA) is 63.5 Å². The fraction of sp³-hybridized carbons (Fsp3) is 0.550. The second-order valence-corrected chi connectivity index (χ2v) is 8.46. The van der Waals surface area contributed by atoms with E-state index in [4.69, 9.17) is 16.3 Å². The van der Waals surface area contributed by atoms with E-state index in [-0.39, 0.29) is 37.8 Å². The Morgan fingerprint density at radius 2 is 2.14 bits per heavy atom. The lowest BCUT2D eigenvalue weighted by molar-refractivity contribution is -0.138. The van der Waals surface area contributed by atoms with Gasteiger partial charge in [0, 0.05) is 30.5 Å². The third kappa shape index (κ3) is 3.40. The summed E-state index contributed by atoms with van der Waals surface area (Å²) in [6.45, 7) is 2.50. The van der Waals surface area contributed by atoms with E-state index < -0.39 is 17.4 Å². The van der Waals surface area contributed by atoms with Crippen molar-refractivity contribution in [2.75, 3.05) is 19.8 Å². The standard InChI is InChI=1S/C20H23ClF2N2O3/c1-12-7-19(27,5-6-20(12,22)23)11-24-18(26)14-8-25(13-9-28-10-13)16-4-2-3-15(21)17(14)16/h2-4,8,12-13,27H,5-7,9-11H2,1H3,(H,24,26). The number of carbonyl (C=O) groups is 1. The second-order valence-electron chi connectivity index (χ2n) is 8.05. The largest absolute Gasteiger partial charge is 0.388 e. The summed E-state index contributed by atoms with van der Waals surface area (Å²) in [6, 6.07) is 5.59. The maximum atomic E-state index is 13.7. The Morgan fingerprint density at radius 3 is 2.79 bits per heavy atom. The smallest absolute Gasteiger partial charge is 0.253 e. The summed E-state index contributed by atoms with van der Waals surface area (Å²) < 4.78 is 34.7. The molecule has 1 aliphatic carbocycles. The van der Waals surface area contributed by atoms with Gasteiger partial charge in [-0.15, -0.1) is 0 Å². The van der Waals surface area contributed by atoms with E-state index in [1.165, 1.54) is 6.92 Å². The van der Waals surface area contributed by atoms with E-state index in [9.17, 15) is 18.7 Å². The zero-order valence-corrected chi connectivity index (χ0v) is 16.3. The number of carbonyl (C=O) groups excluding carboxylic acids is 1. The summed E-state index contributed by atoms with van der Waals surface area (Å²) >= 11 is 6.35. The van der Waals surface area contributed by atoms with Crippen LogP contribution in [0.15, 0.2) is 24.4 Å². The number of rotatable bonds is 4. The van der Waals surface area contributed by atoms with Crippen LogP contribution in [0.5, 0.6) is 0 Å². The molecule has 5 nitrogen and oxygen atoms in total. The Kier molecular flexibility index (Phi) is 4.88. The van der Waals surface area contributed by atoms with Crippen molar-refractivity contribution >= 4 is 28.4 Å². The van der Waals surface area contributed by atoms with Crippen LogP contribution in [0, 0.1) is 5.92 Å². The van der Waals surface area contributed by atoms with Crippen LogP contribution in [0.3, 0.4) is 0 Å². The van der Waals surface area contributed by atoms with E-state index in [1.54, 1.807) is 12.3 Å². The maximum absolute atomic E-state index is 13.7. The molecule has 2 aromatic rings. The molecular weight excluding hydrogens is 390 g/mol. The number of hydrogen-bond donors (Lipinski definition) is 2. The Balaban J connectivity index is 1.55. The summed E-state index contributed by atoms with van der Waals surface area (Å²) in [4.78, 5) is 12.9. The molecule has 1 aliphatic heterocycles. The number of ether oxygens (including phenoxy) is 1. The molecule has 2 heterocycles. The predicted molar refractivity (Wildman–Crippen MR) is 102 cm³/mol. The molecule has 0 bridgehead atoms. The van der Waals surface area contributed by atoms with Gasteiger partial charge in [-0.1, -0.05) is 24.6 Å². The van der Waals surface area contributed by atoms with Gasteiger partial charge >= 0.3 is 0 Å². The molecule has 1 saturated heterocycles. The van der Waals surface area contributed by atoms with Crippen molar-refractivity contribution in [3.05, 3.63) is 35.0 Å². The first-order chi connectivity index (χ1) is 13.2. The Labute approximate surface area is 166 Å². The normalized spacial score (nSPS) is 27.5. The van der Waals surface area contributed by atoms with Crippen LogP contribution in [0.1, 0.15) is 42.6 Å². The fourth-order valence-corrected chi connectivity index (χ4v) is 4.36. The summed E-state index contributed by atoms with van der Waals surface area (Å²) in [7, 11) is 0. The number of nitrogens with one attached hydrogen (secondary N) is 1. The molecule has 1 aromatic carbocycles. The van der Waals surface area contributed by atoms with Crippen LogP contribution in [-0.4, -0.2) is 46.9 Å². The lowest BCUT2D eigenvalue weighted by atomic mass is 9.76. The SMILES string of the molecule is CC1CC(O)(CNC(=O)c2cn(C3COC3)c3cccc(Cl)c23)CCC1(F)F. The van der Waals surface area contributed by atoms with Gasteiger partial charge in [-0.2, -0.15) is 0 Å². The van der Waals surface area contributed by atoms with Gasteiger partial charge < -0.3 is 19.7 Å². The second kappa shape index (κ2) is 6.97. The molecule has 4 rings (SSSR count). The minimum Gasteiger partial charge on any atom is -0.388 e. The van der Waals surface area contributed by atoms with E-state index in [0.29, 0.717) is 29.2 Å². The molecule has 28 heavy (non-hydrogen) atoms. The Morgan fingerprint density at radius 1 is 1.39 bits per heavy atom. The number of fused-ring (bicyclic) bond motifs is 1. The van der Waals surface area contributed by atoms with Crippen LogP contribution in [0.25, 0.3) is 10.9 Å². The third-order valence-electron chi connectivity index (χ3n) is 5.97. The van der Waals surface area contributed by atoms with Gasteiger partial charge in [0.15, 0.2) is 0 Å². The zero-order chi connectivity index (χ0) is 20.1. The van der Waals surface area contributed by atoms with Crippen molar-refractivity contribution in [3.8, 4) is 0 Å². The molecule has 2 N–H and O–H groups in total. The quantitative estimate of drug-likeness (QED) is 0.803. The van der Waals surface area contributed by atoms with Crippen LogP contribution < -0.4 is 5.32 Å². The van der Waals surface area contributed by atoms with Gasteiger partial charge in [0.05, 0.1) is 41.0 Å². The van der Waals surface area contributed by atoms with Crippen molar-refractivity contribution in [3.63, 3.8) is 0 Å². The Bertz CT molecular complexity index is 912. The highest BCUT2D eigenvalue weighted by atomic mass is 35.5. The average Bonchev–Trinajstić information content (AvgIpc) is 2.97. The fourth-order valence-electron chi connectivity index (χ4n) is 4.09. The minimum absolute atomic E-state index is 0.0491. The van der Waals surface area contributed by atoms with Crippen molar-refractivity contribution in [2.45, 2.75) is 43.8 Å². The number of nitrogens with zero attached hydrogens (tertiary/aromatic N) is 1. The number of alkyl halides is 2. The molecule has 2 fully saturated rings. The van der Waals surface area contributed by atoms with Gasteiger partial charge in [0.25, 0.3) is 11.8 Å². The van der Waals surface area contributed by atoms with E-state index in [1.807, 2.05) is 16.7 Å². The van der Waals surface area contributed by atoms with Gasteiger partial charge in [-0.05, 0) is 25.0 Å². The van der Waals surface area contributed by atoms with Crippen molar-refractivity contribution in [1.29, 1.82) is 0 Å². The molecule has 1 aromatic heterocycles. The van der Waals surface area contributed by atoms with Crippen LogP contribution >= 0.6 is 11.6 Å². The predicted octanol–water partition coefficient (Wildman–Crippen LogP) is 3.78. The molecule has 152 valence electrons. The highest BCUT2D eigenvalue weighted by molar-refractivity contribution is 6.36. The molecule has 2 aliphatic rings. The van der Waals surface area contributed by atoms with Crippen LogP contribution in [0.2, 0.25) is 5.02 Å². The number of amides is 1. The molecule has 8 heteroatoms. The number of hydrogen-bond acceptors (Lipinski definition) is 3. The van der Waals surface area contributed by atoms with E-state index in [2.05, 4.69) is 5.32 Å². The minimum atomic E-state index is -2.78. The first-order valence-electron chi connectivity index (χ1n) is 9.45. The summed E-state index contributed by atoms with van der Waals surface area (Å²) in [6.07, 6.45) is 1.27. The van der Waals surface area contributed by atoms with E-state index >= 15 is 0 Å². The Hall–Kier alpha value is -1.70. The molecule has 1 amide bonds. The lowest BCUT2D eigenvalue weighted by Gasteiger charge is -2.40. The average molecular weight is 413 g/mol. The number of halogens is 3. The zero-order valence-electron chi connectivity index (χ0n) is 15.6. The summed E-state index contributed by atoms with van der Waals surface area (Å²) in [5, 5.41) is 14.5. The number of aliphatic hydroxyl groups is 1. The molecular formula is C20H23ClF2N2O3. The van der Waals surface area contributed by atoms with Crippen molar-refractivity contribution in [2.24, 2.45) is 5.92 Å². The first kappa shape index (κ1) is 19.6. The van der Waals surface area contributed by atoms with Gasteiger partial charge in [-0.25, -0.2) is 8.78 Å². The molecule has 2 atom stereocenters.